The second kappa shape index (κ2) is 8.61. The Bertz CT molecular complexity index is 846. The first-order chi connectivity index (χ1) is 13.4. The largest absolute Gasteiger partial charge is 0.508 e. The molecule has 1 N–H and O–H groups in total. The fourth-order valence-electron chi connectivity index (χ4n) is 4.04. The lowest BCUT2D eigenvalue weighted by atomic mass is 9.68. The number of methoxy groups -OCH3 is 1. The van der Waals surface area contributed by atoms with Gasteiger partial charge in [0.05, 0.1) is 12.7 Å². The van der Waals surface area contributed by atoms with Crippen LogP contribution < -0.4 is 0 Å². The summed E-state index contributed by atoms with van der Waals surface area (Å²) in [5, 5.41) is 9.87. The number of aromatic hydroxyl groups is 1. The van der Waals surface area contributed by atoms with Crippen LogP contribution in [-0.4, -0.2) is 42.7 Å². The second-order valence-corrected chi connectivity index (χ2v) is 7.93. The minimum atomic E-state index is -0.280. The molecule has 28 heavy (non-hydrogen) atoms. The molecule has 2 atom stereocenters. The van der Waals surface area contributed by atoms with Crippen molar-refractivity contribution in [2.24, 2.45) is 5.92 Å². The summed E-state index contributed by atoms with van der Waals surface area (Å²) in [5.74, 6) is 0.420. The SMILES string of the molecule is COC(=O)/C(=C/c1ccccc1)CN1CC[C@@](C)(c2cccc(O)c2)[C@@H](C)C1. The molecule has 0 aromatic heterocycles. The number of piperidine rings is 1. The molecule has 0 unspecified atom stereocenters. The molecule has 0 amide bonds. The second-order valence-electron chi connectivity index (χ2n) is 7.93. The number of likely N-dealkylation sites (tertiary alicyclic amines) is 1. The molecule has 1 aliphatic heterocycles. The maximum Gasteiger partial charge on any atom is 0.335 e. The number of phenolic OH excluding ortho intramolecular Hbond substituents is 1. The lowest BCUT2D eigenvalue weighted by molar-refractivity contribution is -0.136. The Labute approximate surface area is 167 Å². The molecule has 1 heterocycles. The molecule has 1 saturated heterocycles. The van der Waals surface area contributed by atoms with Crippen LogP contribution in [0.5, 0.6) is 5.75 Å². The van der Waals surface area contributed by atoms with Crippen LogP contribution in [0.2, 0.25) is 0 Å². The fourth-order valence-corrected chi connectivity index (χ4v) is 4.04. The average molecular weight is 380 g/mol. The van der Waals surface area contributed by atoms with Gasteiger partial charge in [-0.3, -0.25) is 4.90 Å². The highest BCUT2D eigenvalue weighted by molar-refractivity contribution is 5.94. The van der Waals surface area contributed by atoms with Crippen LogP contribution in [0.15, 0.2) is 60.2 Å². The van der Waals surface area contributed by atoms with Crippen molar-refractivity contribution in [3.63, 3.8) is 0 Å². The van der Waals surface area contributed by atoms with Gasteiger partial charge in [0.15, 0.2) is 0 Å². The number of rotatable bonds is 5. The van der Waals surface area contributed by atoms with Crippen molar-refractivity contribution in [2.45, 2.75) is 25.7 Å². The van der Waals surface area contributed by atoms with Gasteiger partial charge < -0.3 is 9.84 Å². The molecule has 4 heteroatoms. The molecule has 4 nitrogen and oxygen atoms in total. The van der Waals surface area contributed by atoms with Gasteiger partial charge in [0.25, 0.3) is 0 Å². The lowest BCUT2D eigenvalue weighted by Crippen LogP contribution is -2.48. The van der Waals surface area contributed by atoms with E-state index in [-0.39, 0.29) is 11.4 Å². The standard InChI is InChI=1S/C24H29NO3/c1-18-16-25(13-12-24(18,2)21-10-7-11-22(26)15-21)17-20(23(27)28-3)14-19-8-5-4-6-9-19/h4-11,14-15,18,26H,12-13,16-17H2,1-3H3/b20-14+/t18-,24+/m0/s1. The van der Waals surface area contributed by atoms with E-state index in [1.165, 1.54) is 12.7 Å². The van der Waals surface area contributed by atoms with Crippen LogP contribution in [0.3, 0.4) is 0 Å². The molecule has 0 radical (unpaired) electrons. The molecule has 1 fully saturated rings. The maximum absolute atomic E-state index is 12.3. The zero-order chi connectivity index (χ0) is 20.1. The molecule has 2 aromatic rings. The molecular formula is C24H29NO3. The van der Waals surface area contributed by atoms with Gasteiger partial charge >= 0.3 is 5.97 Å². The van der Waals surface area contributed by atoms with Gasteiger partial charge in [-0.1, -0.05) is 56.3 Å². The number of ether oxygens (including phenoxy) is 1. The molecule has 3 rings (SSSR count). The highest BCUT2D eigenvalue weighted by Crippen LogP contribution is 2.40. The van der Waals surface area contributed by atoms with Crippen molar-refractivity contribution in [3.05, 3.63) is 71.3 Å². The first kappa shape index (κ1) is 20.2. The van der Waals surface area contributed by atoms with Crippen molar-refractivity contribution >= 4 is 12.0 Å². The first-order valence-electron chi connectivity index (χ1n) is 9.78. The third-order valence-electron chi connectivity index (χ3n) is 6.05. The monoisotopic (exact) mass is 379 g/mol. The highest BCUT2D eigenvalue weighted by atomic mass is 16.5. The first-order valence-corrected chi connectivity index (χ1v) is 9.78. The fraction of sp³-hybridized carbons (Fsp3) is 0.375. The van der Waals surface area contributed by atoms with Crippen molar-refractivity contribution < 1.29 is 14.6 Å². The van der Waals surface area contributed by atoms with Crippen LogP contribution in [0.1, 0.15) is 31.4 Å². The quantitative estimate of drug-likeness (QED) is 0.623. The molecule has 1 aliphatic rings. The van der Waals surface area contributed by atoms with Crippen molar-refractivity contribution in [2.75, 3.05) is 26.7 Å². The number of esters is 1. The van der Waals surface area contributed by atoms with E-state index in [1.54, 1.807) is 6.07 Å². The molecule has 0 aliphatic carbocycles. The normalized spacial score (nSPS) is 23.4. The number of carbonyl (C=O) groups is 1. The minimum Gasteiger partial charge on any atom is -0.508 e. The smallest absolute Gasteiger partial charge is 0.335 e. The molecule has 0 spiro atoms. The van der Waals surface area contributed by atoms with E-state index in [0.717, 1.165) is 25.1 Å². The van der Waals surface area contributed by atoms with E-state index in [1.807, 2.05) is 48.5 Å². The summed E-state index contributed by atoms with van der Waals surface area (Å²) < 4.78 is 5.01. The highest BCUT2D eigenvalue weighted by Gasteiger charge is 2.38. The van der Waals surface area contributed by atoms with Crippen LogP contribution in [0.4, 0.5) is 0 Å². The zero-order valence-corrected chi connectivity index (χ0v) is 16.9. The Morgan fingerprint density at radius 1 is 1.25 bits per heavy atom. The predicted molar refractivity (Wildman–Crippen MR) is 112 cm³/mol. The third-order valence-corrected chi connectivity index (χ3v) is 6.05. The molecular weight excluding hydrogens is 350 g/mol. The number of hydrogen-bond donors (Lipinski definition) is 1. The summed E-state index contributed by atoms with van der Waals surface area (Å²) in [6, 6.07) is 17.5. The van der Waals surface area contributed by atoms with Crippen molar-refractivity contribution in [3.8, 4) is 5.75 Å². The van der Waals surface area contributed by atoms with Crippen LogP contribution in [-0.2, 0) is 14.9 Å². The summed E-state index contributed by atoms with van der Waals surface area (Å²) in [7, 11) is 1.43. The molecule has 0 saturated carbocycles. The van der Waals surface area contributed by atoms with Crippen LogP contribution in [0.25, 0.3) is 6.08 Å². The Morgan fingerprint density at radius 2 is 2.00 bits per heavy atom. The van der Waals surface area contributed by atoms with Crippen molar-refractivity contribution in [1.82, 2.24) is 4.90 Å². The van der Waals surface area contributed by atoms with Gasteiger partial charge in [-0.15, -0.1) is 0 Å². The van der Waals surface area contributed by atoms with E-state index in [4.69, 9.17) is 4.74 Å². The number of benzene rings is 2. The average Bonchev–Trinajstić information content (AvgIpc) is 2.70. The lowest BCUT2D eigenvalue weighted by Gasteiger charge is -2.45. The van der Waals surface area contributed by atoms with E-state index in [9.17, 15) is 9.90 Å². The van der Waals surface area contributed by atoms with Gasteiger partial charge in [-0.2, -0.15) is 0 Å². The van der Waals surface area contributed by atoms with Crippen LogP contribution in [0, 0.1) is 5.92 Å². The van der Waals surface area contributed by atoms with E-state index in [2.05, 4.69) is 24.8 Å². The number of hydrogen-bond acceptors (Lipinski definition) is 4. The minimum absolute atomic E-state index is 0.00378. The summed E-state index contributed by atoms with van der Waals surface area (Å²) in [4.78, 5) is 14.6. The van der Waals surface area contributed by atoms with Gasteiger partial charge in [0.2, 0.25) is 0 Å². The summed E-state index contributed by atoms with van der Waals surface area (Å²) in [5.41, 5.74) is 2.84. The summed E-state index contributed by atoms with van der Waals surface area (Å²) in [6.07, 6.45) is 2.89. The third kappa shape index (κ3) is 4.45. The number of carbonyl (C=O) groups excluding carboxylic acids is 1. The van der Waals surface area contributed by atoms with Gasteiger partial charge in [0.1, 0.15) is 5.75 Å². The van der Waals surface area contributed by atoms with Gasteiger partial charge in [-0.05, 0) is 53.6 Å². The Morgan fingerprint density at radius 3 is 2.64 bits per heavy atom. The summed E-state index contributed by atoms with van der Waals surface area (Å²) >= 11 is 0. The number of phenols is 1. The Hall–Kier alpha value is -2.59. The summed E-state index contributed by atoms with van der Waals surface area (Å²) in [6.45, 7) is 6.86. The molecule has 148 valence electrons. The van der Waals surface area contributed by atoms with E-state index >= 15 is 0 Å². The topological polar surface area (TPSA) is 49.8 Å². The molecule has 2 aromatic carbocycles. The predicted octanol–water partition coefficient (Wildman–Crippen LogP) is 4.25. The van der Waals surface area contributed by atoms with Gasteiger partial charge in [0, 0.05) is 13.1 Å². The van der Waals surface area contributed by atoms with E-state index in [0.29, 0.717) is 23.8 Å². The molecule has 0 bridgehead atoms. The number of nitrogens with zero attached hydrogens (tertiary/aromatic N) is 1. The maximum atomic E-state index is 12.3. The van der Waals surface area contributed by atoms with Gasteiger partial charge in [-0.25, -0.2) is 4.79 Å². The Balaban J connectivity index is 1.75. The van der Waals surface area contributed by atoms with Crippen LogP contribution >= 0.6 is 0 Å². The van der Waals surface area contributed by atoms with Crippen molar-refractivity contribution in [1.29, 1.82) is 0 Å². The van der Waals surface area contributed by atoms with E-state index < -0.39 is 0 Å². The zero-order valence-electron chi connectivity index (χ0n) is 16.9. The Kier molecular flexibility index (Phi) is 6.20.